The van der Waals surface area contributed by atoms with Crippen molar-refractivity contribution in [3.8, 4) is 0 Å². The van der Waals surface area contributed by atoms with Gasteiger partial charge in [-0.1, -0.05) is 42.5 Å². The number of rotatable bonds is 8. The third-order valence-corrected chi connectivity index (χ3v) is 4.61. The average molecular weight is 346 g/mol. The van der Waals surface area contributed by atoms with Crippen molar-refractivity contribution in [2.75, 3.05) is 18.5 Å². The van der Waals surface area contributed by atoms with Gasteiger partial charge >= 0.3 is 6.03 Å². The molecule has 0 aromatic heterocycles. The first-order valence-corrected chi connectivity index (χ1v) is 9.30. The summed E-state index contributed by atoms with van der Waals surface area (Å²) in [5, 5.41) is 14.1. The van der Waals surface area contributed by atoms with Gasteiger partial charge < -0.3 is 15.7 Å². The highest BCUT2D eigenvalue weighted by molar-refractivity contribution is 7.83. The maximum Gasteiger partial charge on any atom is 0.319 e. The monoisotopic (exact) mass is 346 g/mol. The number of aliphatic hydroxyl groups excluding tert-OH is 1. The number of hydrogen-bond donors (Lipinski definition) is 3. The number of urea groups is 1. The second-order valence-corrected chi connectivity index (χ2v) is 6.83. The summed E-state index contributed by atoms with van der Waals surface area (Å²) in [7, 11) is -1.01. The molecule has 0 saturated carbocycles. The first kappa shape index (κ1) is 18.2. The summed E-state index contributed by atoms with van der Waals surface area (Å²) in [6.45, 7) is 0.464. The van der Waals surface area contributed by atoms with Gasteiger partial charge in [0.1, 0.15) is 0 Å². The van der Waals surface area contributed by atoms with Crippen molar-refractivity contribution < 1.29 is 14.1 Å². The zero-order chi connectivity index (χ0) is 17.2. The highest BCUT2D eigenvalue weighted by atomic mass is 32.2. The molecule has 0 radical (unpaired) electrons. The smallest absolute Gasteiger partial charge is 0.319 e. The molecule has 0 spiro atoms. The quantitative estimate of drug-likeness (QED) is 0.643. The molecule has 0 saturated heterocycles. The molecule has 3 N–H and O–H groups in total. The Hall–Kier alpha value is -2.18. The standard InChI is InChI=1S/C18H22N2O3S/c21-11-5-10-19-18(22)20-17-9-4-8-16(12-17)14-24(23)13-15-6-2-1-3-7-15/h1-4,6-9,12,21H,5,10-11,13-14H2,(H2,19,20,22). The molecular formula is C18H22N2O3S. The SMILES string of the molecule is O=C(NCCCO)Nc1cccc(CS(=O)Cc2ccccc2)c1. The minimum atomic E-state index is -1.01. The number of anilines is 1. The molecule has 2 rings (SSSR count). The molecule has 0 bridgehead atoms. The normalized spacial score (nSPS) is 11.7. The fourth-order valence-electron chi connectivity index (χ4n) is 2.19. The molecule has 5 nitrogen and oxygen atoms in total. The summed E-state index contributed by atoms with van der Waals surface area (Å²) >= 11 is 0. The first-order chi connectivity index (χ1) is 11.7. The number of aliphatic hydroxyl groups is 1. The average Bonchev–Trinajstić information content (AvgIpc) is 2.56. The zero-order valence-corrected chi connectivity index (χ0v) is 14.2. The van der Waals surface area contributed by atoms with Crippen LogP contribution in [0.4, 0.5) is 10.5 Å². The highest BCUT2D eigenvalue weighted by Crippen LogP contribution is 2.14. The lowest BCUT2D eigenvalue weighted by Gasteiger charge is -2.09. The van der Waals surface area contributed by atoms with Gasteiger partial charge in [0, 0.05) is 41.1 Å². The number of benzene rings is 2. The van der Waals surface area contributed by atoms with Crippen LogP contribution in [0, 0.1) is 0 Å². The molecule has 0 fully saturated rings. The summed E-state index contributed by atoms with van der Waals surface area (Å²) in [5.41, 5.74) is 2.62. The second-order valence-electron chi connectivity index (χ2n) is 5.37. The van der Waals surface area contributed by atoms with Crippen LogP contribution in [0.2, 0.25) is 0 Å². The number of nitrogens with one attached hydrogen (secondary N) is 2. The molecule has 24 heavy (non-hydrogen) atoms. The molecule has 0 aliphatic rings. The Morgan fingerprint density at radius 2 is 1.71 bits per heavy atom. The van der Waals surface area contributed by atoms with Gasteiger partial charge in [0.25, 0.3) is 0 Å². The largest absolute Gasteiger partial charge is 0.396 e. The summed E-state index contributed by atoms with van der Waals surface area (Å²) in [4.78, 5) is 11.7. The van der Waals surface area contributed by atoms with E-state index in [9.17, 15) is 9.00 Å². The van der Waals surface area contributed by atoms with Gasteiger partial charge in [-0.2, -0.15) is 0 Å². The molecule has 6 heteroatoms. The Balaban J connectivity index is 1.87. The van der Waals surface area contributed by atoms with Gasteiger partial charge in [-0.05, 0) is 29.7 Å². The Kier molecular flexibility index (Phi) is 7.45. The molecule has 1 atom stereocenters. The Bertz CT molecular complexity index is 677. The number of amides is 2. The van der Waals surface area contributed by atoms with Crippen LogP contribution in [0.1, 0.15) is 17.5 Å². The van der Waals surface area contributed by atoms with E-state index in [1.807, 2.05) is 48.5 Å². The molecule has 2 aromatic rings. The molecule has 0 aliphatic carbocycles. The van der Waals surface area contributed by atoms with Crippen LogP contribution < -0.4 is 10.6 Å². The van der Waals surface area contributed by atoms with Gasteiger partial charge in [-0.15, -0.1) is 0 Å². The molecule has 128 valence electrons. The lowest BCUT2D eigenvalue weighted by atomic mass is 10.2. The molecule has 2 amide bonds. The van der Waals surface area contributed by atoms with Gasteiger partial charge in [0.2, 0.25) is 0 Å². The first-order valence-electron chi connectivity index (χ1n) is 7.81. The number of hydrogen-bond acceptors (Lipinski definition) is 3. The van der Waals surface area contributed by atoms with Gasteiger partial charge in [-0.3, -0.25) is 4.21 Å². The zero-order valence-electron chi connectivity index (χ0n) is 13.4. The minimum Gasteiger partial charge on any atom is -0.396 e. The van der Waals surface area contributed by atoms with Crippen LogP contribution in [0.15, 0.2) is 54.6 Å². The van der Waals surface area contributed by atoms with Crippen LogP contribution in [0.3, 0.4) is 0 Å². The number of carbonyl (C=O) groups excluding carboxylic acids is 1. The molecule has 1 unspecified atom stereocenters. The van der Waals surface area contributed by atoms with Crippen molar-refractivity contribution in [3.63, 3.8) is 0 Å². The minimum absolute atomic E-state index is 0.0446. The number of carbonyl (C=O) groups is 1. The predicted octanol–water partition coefficient (Wildman–Crippen LogP) is 2.64. The van der Waals surface area contributed by atoms with Crippen LogP contribution >= 0.6 is 0 Å². The van der Waals surface area contributed by atoms with Crippen LogP contribution in [-0.4, -0.2) is 28.5 Å². The Labute approximate surface area is 144 Å². The van der Waals surface area contributed by atoms with Crippen molar-refractivity contribution in [1.82, 2.24) is 5.32 Å². The predicted molar refractivity (Wildman–Crippen MR) is 97.2 cm³/mol. The van der Waals surface area contributed by atoms with E-state index in [0.717, 1.165) is 11.1 Å². The Morgan fingerprint density at radius 3 is 2.46 bits per heavy atom. The van der Waals surface area contributed by atoms with E-state index in [4.69, 9.17) is 5.11 Å². The molecule has 0 heterocycles. The third kappa shape index (κ3) is 6.52. The van der Waals surface area contributed by atoms with E-state index < -0.39 is 10.8 Å². The summed E-state index contributed by atoms with van der Waals surface area (Å²) in [6, 6.07) is 16.8. The van der Waals surface area contributed by atoms with Crippen molar-refractivity contribution >= 4 is 22.5 Å². The van der Waals surface area contributed by atoms with Crippen molar-refractivity contribution in [1.29, 1.82) is 0 Å². The van der Waals surface area contributed by atoms with Crippen molar-refractivity contribution in [2.24, 2.45) is 0 Å². The summed E-state index contributed by atoms with van der Waals surface area (Å²) in [5.74, 6) is 0.955. The fraction of sp³-hybridized carbons (Fsp3) is 0.278. The van der Waals surface area contributed by atoms with Gasteiger partial charge in [0.05, 0.1) is 0 Å². The van der Waals surface area contributed by atoms with E-state index in [0.29, 0.717) is 30.2 Å². The molecular weight excluding hydrogens is 324 g/mol. The van der Waals surface area contributed by atoms with Crippen molar-refractivity contribution in [2.45, 2.75) is 17.9 Å². The van der Waals surface area contributed by atoms with E-state index in [1.54, 1.807) is 6.07 Å². The highest BCUT2D eigenvalue weighted by Gasteiger charge is 2.06. The van der Waals surface area contributed by atoms with Crippen molar-refractivity contribution in [3.05, 3.63) is 65.7 Å². The molecule has 0 aliphatic heterocycles. The second kappa shape index (κ2) is 9.85. The summed E-state index contributed by atoms with van der Waals surface area (Å²) < 4.78 is 12.3. The third-order valence-electron chi connectivity index (χ3n) is 3.30. The topological polar surface area (TPSA) is 78.4 Å². The summed E-state index contributed by atoms with van der Waals surface area (Å²) in [6.07, 6.45) is 0.520. The maximum absolute atomic E-state index is 12.3. The van der Waals surface area contributed by atoms with E-state index in [-0.39, 0.29) is 12.6 Å². The van der Waals surface area contributed by atoms with E-state index in [2.05, 4.69) is 10.6 Å². The Morgan fingerprint density at radius 1 is 1.00 bits per heavy atom. The fourth-order valence-corrected chi connectivity index (χ4v) is 3.41. The van der Waals surface area contributed by atoms with Crippen LogP contribution in [0.5, 0.6) is 0 Å². The van der Waals surface area contributed by atoms with Crippen LogP contribution in [-0.2, 0) is 22.3 Å². The van der Waals surface area contributed by atoms with Gasteiger partial charge in [0.15, 0.2) is 0 Å². The van der Waals surface area contributed by atoms with Gasteiger partial charge in [-0.25, -0.2) is 4.79 Å². The lowest BCUT2D eigenvalue weighted by Crippen LogP contribution is -2.29. The lowest BCUT2D eigenvalue weighted by molar-refractivity contribution is 0.249. The van der Waals surface area contributed by atoms with E-state index >= 15 is 0 Å². The molecule has 2 aromatic carbocycles. The maximum atomic E-state index is 12.3. The van der Waals surface area contributed by atoms with E-state index in [1.165, 1.54) is 0 Å². The van der Waals surface area contributed by atoms with Crippen LogP contribution in [0.25, 0.3) is 0 Å².